The van der Waals surface area contributed by atoms with Crippen molar-refractivity contribution in [3.8, 4) is 0 Å². The molecule has 1 amide bonds. The smallest absolute Gasteiger partial charge is 0.224 e. The fourth-order valence-electron chi connectivity index (χ4n) is 3.02. The number of carbonyl (C=O) groups excluding carboxylic acids is 1. The van der Waals surface area contributed by atoms with Crippen LogP contribution in [0.2, 0.25) is 0 Å². The maximum atomic E-state index is 12.1. The maximum absolute atomic E-state index is 12.1. The van der Waals surface area contributed by atoms with E-state index in [4.69, 9.17) is 10.5 Å². The topological polar surface area (TPSA) is 64.4 Å². The molecule has 1 aliphatic rings. The molecule has 1 rings (SSSR count). The summed E-state index contributed by atoms with van der Waals surface area (Å²) in [5.74, 6) is -0.0752. The van der Waals surface area contributed by atoms with E-state index >= 15 is 0 Å². The minimum absolute atomic E-state index is 0.0656. The normalized spacial score (nSPS) is 29.2. The van der Waals surface area contributed by atoms with E-state index in [-0.39, 0.29) is 35.4 Å². The molecule has 0 aromatic rings. The van der Waals surface area contributed by atoms with Crippen LogP contribution in [0.4, 0.5) is 0 Å². The molecular formula is C14H28N2O2. The second kappa shape index (κ2) is 6.02. The highest BCUT2D eigenvalue weighted by atomic mass is 16.5. The van der Waals surface area contributed by atoms with Crippen LogP contribution in [0.15, 0.2) is 0 Å². The molecule has 0 saturated heterocycles. The number of nitrogens with one attached hydrogen (secondary N) is 1. The second-order valence-corrected chi connectivity index (χ2v) is 5.61. The van der Waals surface area contributed by atoms with Crippen molar-refractivity contribution in [1.29, 1.82) is 0 Å². The highest BCUT2D eigenvalue weighted by Crippen LogP contribution is 2.48. The summed E-state index contributed by atoms with van der Waals surface area (Å²) in [6.45, 7) is 8.09. The molecule has 18 heavy (non-hydrogen) atoms. The number of nitrogens with two attached hydrogens (primary N) is 1. The van der Waals surface area contributed by atoms with Gasteiger partial charge in [0, 0.05) is 30.5 Å². The van der Waals surface area contributed by atoms with Crippen molar-refractivity contribution in [2.24, 2.45) is 17.1 Å². The van der Waals surface area contributed by atoms with E-state index in [1.807, 2.05) is 13.8 Å². The number of rotatable bonds is 6. The quantitative estimate of drug-likeness (QED) is 0.760. The number of methoxy groups -OCH3 is 1. The maximum Gasteiger partial charge on any atom is 0.224 e. The highest BCUT2D eigenvalue weighted by Gasteiger charge is 2.53. The Bertz CT molecular complexity index is 288. The Morgan fingerprint density at radius 3 is 2.39 bits per heavy atom. The van der Waals surface area contributed by atoms with Gasteiger partial charge in [-0.05, 0) is 26.2 Å². The van der Waals surface area contributed by atoms with Crippen molar-refractivity contribution >= 4 is 5.91 Å². The van der Waals surface area contributed by atoms with E-state index in [0.717, 1.165) is 19.3 Å². The minimum Gasteiger partial charge on any atom is -0.381 e. The van der Waals surface area contributed by atoms with Gasteiger partial charge in [-0.1, -0.05) is 20.8 Å². The molecule has 0 aliphatic heterocycles. The van der Waals surface area contributed by atoms with Crippen LogP contribution < -0.4 is 11.1 Å². The van der Waals surface area contributed by atoms with Crippen LogP contribution in [0.1, 0.15) is 47.0 Å². The molecule has 0 bridgehead atoms. The van der Waals surface area contributed by atoms with E-state index in [0.29, 0.717) is 0 Å². The van der Waals surface area contributed by atoms with Crippen molar-refractivity contribution in [2.45, 2.75) is 65.1 Å². The highest BCUT2D eigenvalue weighted by molar-refractivity contribution is 5.79. The first kappa shape index (κ1) is 15.4. The third kappa shape index (κ3) is 2.54. The van der Waals surface area contributed by atoms with Crippen molar-refractivity contribution in [2.75, 3.05) is 7.11 Å². The number of ether oxygens (including phenoxy) is 1. The van der Waals surface area contributed by atoms with Gasteiger partial charge in [-0.2, -0.15) is 0 Å². The zero-order valence-electron chi connectivity index (χ0n) is 12.3. The summed E-state index contributed by atoms with van der Waals surface area (Å²) in [5, 5.41) is 3.16. The van der Waals surface area contributed by atoms with Crippen LogP contribution >= 0.6 is 0 Å². The fourth-order valence-corrected chi connectivity index (χ4v) is 3.02. The van der Waals surface area contributed by atoms with E-state index in [2.05, 4.69) is 19.2 Å². The molecule has 1 aliphatic carbocycles. The van der Waals surface area contributed by atoms with Gasteiger partial charge >= 0.3 is 0 Å². The summed E-state index contributed by atoms with van der Waals surface area (Å²) in [6.07, 6.45) is 3.23. The summed E-state index contributed by atoms with van der Waals surface area (Å²) < 4.78 is 5.53. The SMILES string of the molecule is CCC1(CC)C(NC(=O)C(C)C(C)N)CC1OC. The summed E-state index contributed by atoms with van der Waals surface area (Å²) in [5.41, 5.74) is 5.87. The fraction of sp³-hybridized carbons (Fsp3) is 0.929. The summed E-state index contributed by atoms with van der Waals surface area (Å²) in [7, 11) is 1.76. The number of hydrogen-bond donors (Lipinski definition) is 2. The van der Waals surface area contributed by atoms with E-state index < -0.39 is 0 Å². The summed E-state index contributed by atoms with van der Waals surface area (Å²) >= 11 is 0. The molecule has 106 valence electrons. The molecule has 0 spiro atoms. The molecule has 1 saturated carbocycles. The van der Waals surface area contributed by atoms with Gasteiger partial charge in [0.2, 0.25) is 5.91 Å². The Morgan fingerprint density at radius 2 is 2.00 bits per heavy atom. The van der Waals surface area contributed by atoms with Crippen molar-refractivity contribution in [3.63, 3.8) is 0 Å². The average Bonchev–Trinajstić information content (AvgIpc) is 2.34. The first-order chi connectivity index (χ1) is 8.42. The van der Waals surface area contributed by atoms with Gasteiger partial charge in [0.25, 0.3) is 0 Å². The lowest BCUT2D eigenvalue weighted by Crippen LogP contribution is -2.65. The predicted molar refractivity (Wildman–Crippen MR) is 73.2 cm³/mol. The Labute approximate surface area is 111 Å². The standard InChI is InChI=1S/C14H28N2O2/c1-6-14(7-2)11(8-12(14)18-5)16-13(17)9(3)10(4)15/h9-12H,6-8,15H2,1-5H3,(H,16,17). The van der Waals surface area contributed by atoms with E-state index in [1.54, 1.807) is 7.11 Å². The Balaban J connectivity index is 2.66. The molecule has 4 nitrogen and oxygen atoms in total. The molecule has 0 radical (unpaired) electrons. The Hall–Kier alpha value is -0.610. The molecular weight excluding hydrogens is 228 g/mol. The van der Waals surface area contributed by atoms with Gasteiger partial charge in [-0.25, -0.2) is 0 Å². The largest absolute Gasteiger partial charge is 0.381 e. The van der Waals surface area contributed by atoms with Gasteiger partial charge < -0.3 is 15.8 Å². The van der Waals surface area contributed by atoms with Gasteiger partial charge in [0.1, 0.15) is 0 Å². The van der Waals surface area contributed by atoms with E-state index in [1.165, 1.54) is 0 Å². The van der Waals surface area contributed by atoms with Crippen LogP contribution in [0.25, 0.3) is 0 Å². The first-order valence-electron chi connectivity index (χ1n) is 7.01. The Morgan fingerprint density at radius 1 is 1.44 bits per heavy atom. The van der Waals surface area contributed by atoms with Gasteiger partial charge in [-0.3, -0.25) is 4.79 Å². The monoisotopic (exact) mass is 256 g/mol. The molecule has 0 aromatic carbocycles. The van der Waals surface area contributed by atoms with Crippen LogP contribution in [0.5, 0.6) is 0 Å². The van der Waals surface area contributed by atoms with Gasteiger partial charge in [0.05, 0.1) is 6.10 Å². The van der Waals surface area contributed by atoms with Crippen molar-refractivity contribution in [1.82, 2.24) is 5.32 Å². The number of amides is 1. The Kier molecular flexibility index (Phi) is 5.17. The molecule has 1 fully saturated rings. The van der Waals surface area contributed by atoms with Crippen LogP contribution in [0, 0.1) is 11.3 Å². The van der Waals surface area contributed by atoms with Gasteiger partial charge in [0.15, 0.2) is 0 Å². The molecule has 0 heterocycles. The minimum atomic E-state index is -0.141. The van der Waals surface area contributed by atoms with Crippen molar-refractivity contribution < 1.29 is 9.53 Å². The average molecular weight is 256 g/mol. The van der Waals surface area contributed by atoms with Crippen LogP contribution in [-0.2, 0) is 9.53 Å². The van der Waals surface area contributed by atoms with Gasteiger partial charge in [-0.15, -0.1) is 0 Å². The van der Waals surface area contributed by atoms with E-state index in [9.17, 15) is 4.79 Å². The lowest BCUT2D eigenvalue weighted by atomic mass is 9.58. The molecule has 4 atom stereocenters. The molecule has 0 aromatic heterocycles. The lowest BCUT2D eigenvalue weighted by molar-refractivity contribution is -0.144. The summed E-state index contributed by atoms with van der Waals surface area (Å²) in [4.78, 5) is 12.1. The molecule has 4 heteroatoms. The molecule has 3 N–H and O–H groups in total. The predicted octanol–water partition coefficient (Wildman–Crippen LogP) is 1.68. The third-order valence-corrected chi connectivity index (χ3v) is 4.90. The lowest BCUT2D eigenvalue weighted by Gasteiger charge is -2.55. The second-order valence-electron chi connectivity index (χ2n) is 5.61. The summed E-state index contributed by atoms with van der Waals surface area (Å²) in [6, 6.07) is 0.118. The van der Waals surface area contributed by atoms with Crippen molar-refractivity contribution in [3.05, 3.63) is 0 Å². The third-order valence-electron chi connectivity index (χ3n) is 4.90. The van der Waals surface area contributed by atoms with Crippen LogP contribution in [-0.4, -0.2) is 31.2 Å². The number of carbonyl (C=O) groups is 1. The first-order valence-corrected chi connectivity index (χ1v) is 7.01. The number of hydrogen-bond acceptors (Lipinski definition) is 3. The zero-order chi connectivity index (χ0) is 13.9. The molecule has 4 unspecified atom stereocenters. The van der Waals surface area contributed by atoms with Crippen LogP contribution in [0.3, 0.4) is 0 Å². The zero-order valence-corrected chi connectivity index (χ0v) is 12.3.